The van der Waals surface area contributed by atoms with E-state index in [-0.39, 0.29) is 12.0 Å². The first-order valence-electron chi connectivity index (χ1n) is 7.85. The average molecular weight is 424 g/mol. The molecule has 1 saturated heterocycles. The molecule has 2 aromatic carbocycles. The molecule has 1 heterocycles. The van der Waals surface area contributed by atoms with Gasteiger partial charge in [0.1, 0.15) is 5.75 Å². The van der Waals surface area contributed by atoms with E-state index in [1.807, 2.05) is 38.1 Å². The zero-order valence-electron chi connectivity index (χ0n) is 14.0. The molecule has 3 nitrogen and oxygen atoms in total. The number of ether oxygens (including phenoxy) is 1. The van der Waals surface area contributed by atoms with Gasteiger partial charge in [0.15, 0.2) is 4.32 Å². The van der Waals surface area contributed by atoms with Gasteiger partial charge in [-0.1, -0.05) is 65.4 Å². The highest BCUT2D eigenvalue weighted by atomic mass is 35.5. The van der Waals surface area contributed by atoms with Gasteiger partial charge in [-0.25, -0.2) is 0 Å². The Labute approximate surface area is 171 Å². The molecule has 0 N–H and O–H groups in total. The second-order valence-corrected chi connectivity index (χ2v) is 8.34. The maximum absolute atomic E-state index is 12.9. The van der Waals surface area contributed by atoms with E-state index in [9.17, 15) is 4.79 Å². The van der Waals surface area contributed by atoms with Crippen molar-refractivity contribution in [3.05, 3.63) is 63.0 Å². The summed E-state index contributed by atoms with van der Waals surface area (Å²) in [4.78, 5) is 14.8. The maximum Gasteiger partial charge on any atom is 0.270 e. The highest BCUT2D eigenvalue weighted by molar-refractivity contribution is 8.27. The number of hydrogen-bond acceptors (Lipinski definition) is 4. The summed E-state index contributed by atoms with van der Waals surface area (Å²) in [5.41, 5.74) is 1.34. The third-order valence-electron chi connectivity index (χ3n) is 3.51. The number of thioether (sulfide) groups is 1. The molecule has 1 amide bonds. The van der Waals surface area contributed by atoms with Crippen LogP contribution in [-0.4, -0.2) is 16.3 Å². The van der Waals surface area contributed by atoms with Crippen molar-refractivity contribution in [1.29, 1.82) is 0 Å². The zero-order valence-corrected chi connectivity index (χ0v) is 17.2. The lowest BCUT2D eigenvalue weighted by atomic mass is 10.1. The summed E-state index contributed by atoms with van der Waals surface area (Å²) in [6, 6.07) is 12.5. The van der Waals surface area contributed by atoms with Crippen LogP contribution in [0.15, 0.2) is 47.4 Å². The van der Waals surface area contributed by atoms with Gasteiger partial charge in [0.25, 0.3) is 5.91 Å². The molecule has 0 unspecified atom stereocenters. The Morgan fingerprint density at radius 1 is 1.19 bits per heavy atom. The molecule has 3 rings (SSSR count). The Hall–Kier alpha value is -1.53. The fraction of sp³-hybridized carbons (Fsp3) is 0.158. The number of para-hydroxylation sites is 1. The second kappa shape index (κ2) is 8.01. The van der Waals surface area contributed by atoms with Crippen LogP contribution in [-0.2, 0) is 4.79 Å². The number of carbonyl (C=O) groups excluding carboxylic acids is 1. The number of carbonyl (C=O) groups is 1. The third-order valence-corrected chi connectivity index (χ3v) is 5.35. The van der Waals surface area contributed by atoms with Crippen molar-refractivity contribution in [3.8, 4) is 5.75 Å². The minimum absolute atomic E-state index is 0.0342. The van der Waals surface area contributed by atoms with E-state index in [4.69, 9.17) is 40.2 Å². The van der Waals surface area contributed by atoms with Crippen LogP contribution in [0.2, 0.25) is 10.0 Å². The van der Waals surface area contributed by atoms with Gasteiger partial charge < -0.3 is 4.74 Å². The number of halogens is 2. The third kappa shape index (κ3) is 4.07. The van der Waals surface area contributed by atoms with Crippen LogP contribution in [0.3, 0.4) is 0 Å². The summed E-state index contributed by atoms with van der Waals surface area (Å²) in [7, 11) is 0. The zero-order chi connectivity index (χ0) is 18.8. The van der Waals surface area contributed by atoms with Crippen molar-refractivity contribution >= 4 is 69.2 Å². The number of hydrogen-bond donors (Lipinski definition) is 0. The molecule has 1 fully saturated rings. The van der Waals surface area contributed by atoms with Crippen LogP contribution >= 0.6 is 47.2 Å². The van der Waals surface area contributed by atoms with Crippen molar-refractivity contribution in [2.75, 3.05) is 4.90 Å². The first kappa shape index (κ1) is 19.2. The standard InChI is InChI=1S/C19H15Cl2NO2S2/c1-11(2)24-16-6-4-3-5-12(16)9-17-18(23)22(19(25)26-17)15-8-7-13(20)10-14(15)21/h3-11H,1-2H3/b17-9+. The molecule has 1 aliphatic heterocycles. The van der Waals surface area contributed by atoms with E-state index in [0.29, 0.717) is 25.0 Å². The van der Waals surface area contributed by atoms with Gasteiger partial charge in [-0.2, -0.15) is 0 Å². The number of benzene rings is 2. The van der Waals surface area contributed by atoms with Gasteiger partial charge in [-0.15, -0.1) is 0 Å². The average Bonchev–Trinajstić information content (AvgIpc) is 2.83. The van der Waals surface area contributed by atoms with Crippen LogP contribution in [0.5, 0.6) is 5.75 Å². The lowest BCUT2D eigenvalue weighted by Crippen LogP contribution is -2.27. The maximum atomic E-state index is 12.9. The van der Waals surface area contributed by atoms with Crippen molar-refractivity contribution in [2.45, 2.75) is 20.0 Å². The number of rotatable bonds is 4. The first-order chi connectivity index (χ1) is 12.4. The Morgan fingerprint density at radius 3 is 2.62 bits per heavy atom. The molecular formula is C19H15Cl2NO2S2. The van der Waals surface area contributed by atoms with Crippen LogP contribution in [0, 0.1) is 0 Å². The minimum Gasteiger partial charge on any atom is -0.490 e. The quantitative estimate of drug-likeness (QED) is 0.433. The van der Waals surface area contributed by atoms with Crippen molar-refractivity contribution < 1.29 is 9.53 Å². The summed E-state index contributed by atoms with van der Waals surface area (Å²) in [5, 5.41) is 0.873. The molecule has 0 aliphatic carbocycles. The Bertz CT molecular complexity index is 912. The normalized spacial score (nSPS) is 16.0. The molecule has 0 bridgehead atoms. The van der Waals surface area contributed by atoms with Crippen molar-refractivity contribution in [3.63, 3.8) is 0 Å². The van der Waals surface area contributed by atoms with E-state index in [0.717, 1.165) is 11.3 Å². The molecular weight excluding hydrogens is 409 g/mol. The van der Waals surface area contributed by atoms with Crippen molar-refractivity contribution in [1.82, 2.24) is 0 Å². The molecule has 7 heteroatoms. The fourth-order valence-corrected chi connectivity index (χ4v) is 4.21. The monoisotopic (exact) mass is 423 g/mol. The number of anilines is 1. The largest absolute Gasteiger partial charge is 0.490 e. The predicted molar refractivity (Wildman–Crippen MR) is 114 cm³/mol. The minimum atomic E-state index is -0.219. The summed E-state index contributed by atoms with van der Waals surface area (Å²) < 4.78 is 6.24. The van der Waals surface area contributed by atoms with Gasteiger partial charge in [-0.3, -0.25) is 9.69 Å². The fourth-order valence-electron chi connectivity index (χ4n) is 2.44. The van der Waals surface area contributed by atoms with Crippen molar-refractivity contribution in [2.24, 2.45) is 0 Å². The first-order valence-corrected chi connectivity index (χ1v) is 9.83. The van der Waals surface area contributed by atoms with Gasteiger partial charge in [0.2, 0.25) is 0 Å². The smallest absolute Gasteiger partial charge is 0.270 e. The molecule has 26 heavy (non-hydrogen) atoms. The number of thiocarbonyl (C=S) groups is 1. The SMILES string of the molecule is CC(C)Oc1ccccc1/C=C1/SC(=S)N(c2ccc(Cl)cc2Cl)C1=O. The topological polar surface area (TPSA) is 29.5 Å². The Morgan fingerprint density at radius 2 is 1.92 bits per heavy atom. The summed E-state index contributed by atoms with van der Waals surface area (Å²) in [5.74, 6) is 0.501. The van der Waals surface area contributed by atoms with Gasteiger partial charge in [0.05, 0.1) is 21.7 Å². The summed E-state index contributed by atoms with van der Waals surface area (Å²) >= 11 is 18.8. The molecule has 0 radical (unpaired) electrons. The Balaban J connectivity index is 1.96. The van der Waals surface area contributed by atoms with Crippen LogP contribution in [0.1, 0.15) is 19.4 Å². The number of nitrogens with zero attached hydrogens (tertiary/aromatic N) is 1. The van der Waals surface area contributed by atoms with Crippen LogP contribution < -0.4 is 9.64 Å². The lowest BCUT2D eigenvalue weighted by molar-refractivity contribution is -0.113. The summed E-state index contributed by atoms with van der Waals surface area (Å²) in [6.07, 6.45) is 1.83. The molecule has 0 spiro atoms. The predicted octanol–water partition coefficient (Wildman–Crippen LogP) is 6.19. The lowest BCUT2D eigenvalue weighted by Gasteiger charge is -2.16. The highest BCUT2D eigenvalue weighted by Crippen LogP contribution is 2.40. The highest BCUT2D eigenvalue weighted by Gasteiger charge is 2.34. The van der Waals surface area contributed by atoms with Gasteiger partial charge in [0, 0.05) is 10.6 Å². The van der Waals surface area contributed by atoms with E-state index in [1.165, 1.54) is 16.7 Å². The summed E-state index contributed by atoms with van der Waals surface area (Å²) in [6.45, 7) is 3.91. The number of amides is 1. The molecule has 0 aromatic heterocycles. The van der Waals surface area contributed by atoms with Gasteiger partial charge >= 0.3 is 0 Å². The van der Waals surface area contributed by atoms with Crippen LogP contribution in [0.25, 0.3) is 6.08 Å². The van der Waals surface area contributed by atoms with E-state index in [1.54, 1.807) is 24.3 Å². The van der Waals surface area contributed by atoms with Gasteiger partial charge in [-0.05, 0) is 44.2 Å². The van der Waals surface area contributed by atoms with E-state index >= 15 is 0 Å². The molecule has 2 aromatic rings. The molecule has 1 aliphatic rings. The second-order valence-electron chi connectivity index (χ2n) is 5.82. The molecule has 134 valence electrons. The molecule has 0 atom stereocenters. The van der Waals surface area contributed by atoms with E-state index < -0.39 is 0 Å². The van der Waals surface area contributed by atoms with E-state index in [2.05, 4.69) is 0 Å². The van der Waals surface area contributed by atoms with Crippen LogP contribution in [0.4, 0.5) is 5.69 Å². The Kier molecular flexibility index (Phi) is 5.92. The molecule has 0 saturated carbocycles.